The summed E-state index contributed by atoms with van der Waals surface area (Å²) in [4.78, 5) is 5.29. The van der Waals surface area contributed by atoms with Crippen LogP contribution in [0.25, 0.3) is 44.0 Å². The minimum atomic E-state index is -0.195. The molecule has 0 saturated heterocycles. The fourth-order valence-electron chi connectivity index (χ4n) is 13.3. The van der Waals surface area contributed by atoms with Crippen LogP contribution in [0.2, 0.25) is 0 Å². The number of furan rings is 1. The molecular weight excluding hydrogens is 836 g/mol. The summed E-state index contributed by atoms with van der Waals surface area (Å²) in [6.45, 7) is 33.2. The summed E-state index contributed by atoms with van der Waals surface area (Å²) in [7, 11) is 0. The summed E-state index contributed by atoms with van der Waals surface area (Å²) in [6.07, 6.45) is 4.62. The standard InChI is InChI=1S/C65H69BN2O/c1-38-18-17-19-39(2)56(38)42-33-47-46-27-22-41-20-15-16-21-45(41)59(46)68(44-25-23-43(24-26-44)61(4,5)6)66-57(47)54(34-42)67(53-36-51-49(32-40(53)3)62(7,8)28-30-64(51,11)12)60-58(66)48-35-50-52(37-55(48)69-60)65(13,14)31-29-63(50,9)10/h15-27,32-37H,28-31H2,1-14H3. The third-order valence-electron chi connectivity index (χ3n) is 17.7. The van der Waals surface area contributed by atoms with E-state index in [1.165, 1.54) is 123 Å². The number of hydrogen-bond acceptors (Lipinski definition) is 3. The van der Waals surface area contributed by atoms with Gasteiger partial charge in [-0.3, -0.25) is 4.90 Å². The zero-order valence-corrected chi connectivity index (χ0v) is 43.7. The molecule has 0 N–H and O–H groups in total. The van der Waals surface area contributed by atoms with Gasteiger partial charge in [-0.1, -0.05) is 149 Å². The van der Waals surface area contributed by atoms with Crippen LogP contribution in [0.4, 0.5) is 28.6 Å². The fourth-order valence-corrected chi connectivity index (χ4v) is 13.3. The van der Waals surface area contributed by atoms with E-state index in [-0.39, 0.29) is 33.9 Å². The first-order valence-electron chi connectivity index (χ1n) is 25.8. The first kappa shape index (κ1) is 44.2. The molecule has 12 rings (SSSR count). The molecule has 0 amide bonds. The largest absolute Gasteiger partial charge is 0.440 e. The van der Waals surface area contributed by atoms with Gasteiger partial charge in [0.25, 0.3) is 0 Å². The van der Waals surface area contributed by atoms with Crippen molar-refractivity contribution in [3.8, 4) is 22.3 Å². The molecule has 0 fully saturated rings. The van der Waals surface area contributed by atoms with Gasteiger partial charge in [-0.05, 0) is 188 Å². The van der Waals surface area contributed by atoms with E-state index < -0.39 is 0 Å². The lowest BCUT2D eigenvalue weighted by Gasteiger charge is -2.46. The maximum atomic E-state index is 7.75. The van der Waals surface area contributed by atoms with Crippen LogP contribution >= 0.6 is 0 Å². The minimum Gasteiger partial charge on any atom is -0.440 e. The topological polar surface area (TPSA) is 19.6 Å². The average molecular weight is 905 g/mol. The monoisotopic (exact) mass is 905 g/mol. The molecule has 2 aliphatic carbocycles. The lowest BCUT2D eigenvalue weighted by Crippen LogP contribution is -2.61. The molecule has 0 atom stereocenters. The zero-order chi connectivity index (χ0) is 48.5. The molecule has 4 heteroatoms. The van der Waals surface area contributed by atoms with E-state index in [2.05, 4.69) is 222 Å². The van der Waals surface area contributed by atoms with Crippen molar-refractivity contribution in [3.63, 3.8) is 0 Å². The maximum Gasteiger partial charge on any atom is 0.337 e. The molecule has 0 radical (unpaired) electrons. The van der Waals surface area contributed by atoms with Gasteiger partial charge >= 0.3 is 6.85 Å². The summed E-state index contributed by atoms with van der Waals surface area (Å²) in [5, 5.41) is 3.72. The van der Waals surface area contributed by atoms with E-state index in [1.54, 1.807) is 0 Å². The molecule has 1 aromatic heterocycles. The van der Waals surface area contributed by atoms with Crippen molar-refractivity contribution in [2.75, 3.05) is 9.71 Å². The first-order valence-corrected chi connectivity index (χ1v) is 25.8. The van der Waals surface area contributed by atoms with Crippen molar-refractivity contribution in [1.29, 1.82) is 0 Å². The molecular formula is C65H69BN2O. The van der Waals surface area contributed by atoms with E-state index >= 15 is 0 Å². The second-order valence-corrected chi connectivity index (χ2v) is 25.2. The molecule has 69 heavy (non-hydrogen) atoms. The molecule has 0 unspecified atom stereocenters. The second-order valence-electron chi connectivity index (χ2n) is 25.2. The quantitative estimate of drug-likeness (QED) is 0.165. The molecule has 2 aliphatic heterocycles. The van der Waals surface area contributed by atoms with Crippen LogP contribution in [0.5, 0.6) is 0 Å². The lowest BCUT2D eigenvalue weighted by molar-refractivity contribution is 0.332. The Morgan fingerprint density at radius 1 is 0.522 bits per heavy atom. The maximum absolute atomic E-state index is 7.75. The fraction of sp³-hybridized carbons (Fsp3) is 0.354. The van der Waals surface area contributed by atoms with Gasteiger partial charge in [-0.15, -0.1) is 0 Å². The van der Waals surface area contributed by atoms with E-state index in [4.69, 9.17) is 4.42 Å². The van der Waals surface area contributed by atoms with Gasteiger partial charge in [0, 0.05) is 38.9 Å². The van der Waals surface area contributed by atoms with Crippen LogP contribution in [-0.4, -0.2) is 6.85 Å². The molecule has 3 heterocycles. The van der Waals surface area contributed by atoms with E-state index in [0.29, 0.717) is 0 Å². The molecule has 4 aliphatic rings. The van der Waals surface area contributed by atoms with Crippen LogP contribution in [0.1, 0.15) is 146 Å². The Balaban J connectivity index is 1.27. The third-order valence-corrected chi connectivity index (χ3v) is 17.7. The van der Waals surface area contributed by atoms with Crippen molar-refractivity contribution in [2.24, 2.45) is 0 Å². The smallest absolute Gasteiger partial charge is 0.337 e. The van der Waals surface area contributed by atoms with Gasteiger partial charge < -0.3 is 9.23 Å². The predicted molar refractivity (Wildman–Crippen MR) is 296 cm³/mol. The molecule has 3 nitrogen and oxygen atoms in total. The van der Waals surface area contributed by atoms with Crippen LogP contribution < -0.4 is 20.6 Å². The second kappa shape index (κ2) is 14.5. The van der Waals surface area contributed by atoms with Crippen LogP contribution in [0.15, 0.2) is 120 Å². The zero-order valence-electron chi connectivity index (χ0n) is 43.7. The van der Waals surface area contributed by atoms with Crippen molar-refractivity contribution in [2.45, 2.75) is 150 Å². The van der Waals surface area contributed by atoms with E-state index in [0.717, 1.165) is 30.7 Å². The summed E-state index contributed by atoms with van der Waals surface area (Å²) >= 11 is 0. The van der Waals surface area contributed by atoms with Crippen LogP contribution in [0, 0.1) is 20.8 Å². The summed E-state index contributed by atoms with van der Waals surface area (Å²) in [5.74, 6) is 0.931. The number of benzene rings is 7. The number of fused-ring (bicyclic) bond motifs is 10. The van der Waals surface area contributed by atoms with Crippen molar-refractivity contribution in [3.05, 3.63) is 160 Å². The van der Waals surface area contributed by atoms with Gasteiger partial charge in [-0.2, -0.15) is 0 Å². The Morgan fingerprint density at radius 3 is 1.75 bits per heavy atom. The number of aryl methyl sites for hydroxylation is 3. The normalized spacial score (nSPS) is 18.1. The highest BCUT2D eigenvalue weighted by atomic mass is 16.4. The van der Waals surface area contributed by atoms with Gasteiger partial charge in [-0.25, -0.2) is 0 Å². The van der Waals surface area contributed by atoms with E-state index in [9.17, 15) is 0 Å². The van der Waals surface area contributed by atoms with Gasteiger partial charge in [0.2, 0.25) is 5.88 Å². The number of hydrogen-bond donors (Lipinski definition) is 0. The highest BCUT2D eigenvalue weighted by molar-refractivity contribution is 6.95. The summed E-state index contributed by atoms with van der Waals surface area (Å²) < 4.78 is 7.75. The molecule has 7 aromatic carbocycles. The third kappa shape index (κ3) is 6.45. The number of rotatable bonds is 3. The predicted octanol–water partition coefficient (Wildman–Crippen LogP) is 16.9. The SMILES string of the molecule is Cc1cc2c(cc1N1c3cc(-c4c(C)cccc4C)cc4c3B(c3c1oc1cc5c(cc31)C(C)(C)CCC5(C)C)N(c1ccc(C(C)(C)C)cc1)c1c-4ccc3ccccc13)C(C)(C)CCC2(C)C. The highest BCUT2D eigenvalue weighted by Crippen LogP contribution is 2.55. The molecule has 0 spiro atoms. The summed E-state index contributed by atoms with van der Waals surface area (Å²) in [6, 6.07) is 45.3. The Hall–Kier alpha value is -6.00. The molecule has 0 bridgehead atoms. The Morgan fingerprint density at radius 2 is 1.12 bits per heavy atom. The van der Waals surface area contributed by atoms with Gasteiger partial charge in [0.05, 0.1) is 5.69 Å². The number of nitrogens with zero attached hydrogens (tertiary/aromatic N) is 2. The average Bonchev–Trinajstić information content (AvgIpc) is 3.67. The Labute approximate surface area is 412 Å². The summed E-state index contributed by atoms with van der Waals surface area (Å²) in [5.41, 5.74) is 24.6. The first-order chi connectivity index (χ1) is 32.6. The van der Waals surface area contributed by atoms with Gasteiger partial charge in [0.1, 0.15) is 5.58 Å². The Bertz CT molecular complexity index is 3460. The Kier molecular flexibility index (Phi) is 9.32. The molecule has 8 aromatic rings. The van der Waals surface area contributed by atoms with E-state index in [1.807, 2.05) is 0 Å². The van der Waals surface area contributed by atoms with Crippen LogP contribution in [0.3, 0.4) is 0 Å². The minimum absolute atomic E-state index is 0.0182. The number of anilines is 5. The van der Waals surface area contributed by atoms with Crippen LogP contribution in [-0.2, 0) is 27.1 Å². The van der Waals surface area contributed by atoms with Gasteiger partial charge in [0.15, 0.2) is 0 Å². The van der Waals surface area contributed by atoms with Crippen molar-refractivity contribution in [1.82, 2.24) is 0 Å². The molecule has 0 saturated carbocycles. The molecule has 348 valence electrons. The highest BCUT2D eigenvalue weighted by Gasteiger charge is 2.50. The lowest BCUT2D eigenvalue weighted by atomic mass is 9.43. The van der Waals surface area contributed by atoms with Crippen molar-refractivity contribution < 1.29 is 4.42 Å². The van der Waals surface area contributed by atoms with Crippen molar-refractivity contribution >= 4 is 68.1 Å².